The van der Waals surface area contributed by atoms with Gasteiger partial charge in [-0.15, -0.1) is 0 Å². The van der Waals surface area contributed by atoms with E-state index in [9.17, 15) is 14.4 Å². The zero-order valence-corrected chi connectivity index (χ0v) is 14.0. The zero-order valence-electron chi connectivity index (χ0n) is 14.0. The highest BCUT2D eigenvalue weighted by Crippen LogP contribution is 2.21. The summed E-state index contributed by atoms with van der Waals surface area (Å²) in [6.45, 7) is 7.30. The lowest BCUT2D eigenvalue weighted by Crippen LogP contribution is -2.45. The van der Waals surface area contributed by atoms with E-state index in [4.69, 9.17) is 4.74 Å². The van der Waals surface area contributed by atoms with Crippen molar-refractivity contribution in [3.05, 3.63) is 20.4 Å². The third-order valence-electron chi connectivity index (χ3n) is 4.28. The molecule has 1 amide bonds. The van der Waals surface area contributed by atoms with Gasteiger partial charge in [-0.05, 0) is 33.1 Å². The molecule has 1 saturated heterocycles. The first-order valence-corrected chi connectivity index (χ1v) is 8.25. The first-order valence-electron chi connectivity index (χ1n) is 8.25. The van der Waals surface area contributed by atoms with E-state index in [-0.39, 0.29) is 18.2 Å². The number of piperidine rings is 1. The molecule has 1 aliphatic heterocycles. The van der Waals surface area contributed by atoms with Gasteiger partial charge < -0.3 is 20.3 Å². The summed E-state index contributed by atoms with van der Waals surface area (Å²) in [5.41, 5.74) is -0.109. The van der Waals surface area contributed by atoms with Crippen molar-refractivity contribution in [3.63, 3.8) is 0 Å². The average molecular weight is 323 g/mol. The summed E-state index contributed by atoms with van der Waals surface area (Å²) in [4.78, 5) is 36.8. The lowest BCUT2D eigenvalue weighted by atomic mass is 10.0. The highest BCUT2D eigenvalue weighted by atomic mass is 16.6. The highest BCUT2D eigenvalue weighted by Gasteiger charge is 2.28. The second-order valence-electron chi connectivity index (χ2n) is 5.97. The number of anilines is 2. The first kappa shape index (κ1) is 17.3. The van der Waals surface area contributed by atoms with Crippen molar-refractivity contribution >= 4 is 17.5 Å². The van der Waals surface area contributed by atoms with Crippen LogP contribution in [0.3, 0.4) is 0 Å². The maximum atomic E-state index is 11.8. The van der Waals surface area contributed by atoms with Gasteiger partial charge in [0.05, 0.1) is 6.61 Å². The molecule has 2 rings (SSSR count). The van der Waals surface area contributed by atoms with Crippen molar-refractivity contribution in [2.24, 2.45) is 0 Å². The van der Waals surface area contributed by atoms with Crippen LogP contribution in [-0.2, 0) is 4.74 Å². The molecule has 128 valence electrons. The van der Waals surface area contributed by atoms with E-state index >= 15 is 0 Å². The molecule has 0 radical (unpaired) electrons. The van der Waals surface area contributed by atoms with E-state index in [1.807, 2.05) is 13.8 Å². The van der Waals surface area contributed by atoms with Gasteiger partial charge in [0, 0.05) is 25.2 Å². The van der Waals surface area contributed by atoms with Crippen LogP contribution < -0.4 is 21.5 Å². The molecule has 1 aliphatic rings. The van der Waals surface area contributed by atoms with Crippen molar-refractivity contribution in [3.8, 4) is 0 Å². The Morgan fingerprint density at radius 3 is 2.39 bits per heavy atom. The molecule has 0 aliphatic carbocycles. The number of amides is 1. The fourth-order valence-corrected chi connectivity index (χ4v) is 2.64. The lowest BCUT2D eigenvalue weighted by molar-refractivity contribution is 0.0983. The Kier molecular flexibility index (Phi) is 5.63. The second kappa shape index (κ2) is 7.48. The molecule has 0 saturated carbocycles. The van der Waals surface area contributed by atoms with Gasteiger partial charge >= 0.3 is 6.09 Å². The second-order valence-corrected chi connectivity index (χ2v) is 5.97. The maximum absolute atomic E-state index is 11.8. The molecular weight excluding hydrogens is 298 g/mol. The summed E-state index contributed by atoms with van der Waals surface area (Å²) in [5, 5.41) is 6.27. The third kappa shape index (κ3) is 3.83. The van der Waals surface area contributed by atoms with Crippen molar-refractivity contribution < 1.29 is 9.53 Å². The minimum atomic E-state index is -0.455. The topological polar surface area (TPSA) is 87.7 Å². The summed E-state index contributed by atoms with van der Waals surface area (Å²) < 4.78 is 4.98. The van der Waals surface area contributed by atoms with Crippen LogP contribution in [-0.4, -0.2) is 42.8 Å². The van der Waals surface area contributed by atoms with Crippen molar-refractivity contribution in [1.29, 1.82) is 0 Å². The average Bonchev–Trinajstić information content (AvgIpc) is 2.58. The molecule has 0 aromatic heterocycles. The molecule has 1 fully saturated rings. The van der Waals surface area contributed by atoms with Crippen LogP contribution in [0.15, 0.2) is 9.59 Å². The van der Waals surface area contributed by atoms with Crippen LogP contribution in [0.5, 0.6) is 0 Å². The normalized spacial score (nSPS) is 17.1. The fraction of sp³-hybridized carbons (Fsp3) is 0.688. The number of nitrogens with one attached hydrogen (secondary N) is 2. The minimum absolute atomic E-state index is 0.0847. The van der Waals surface area contributed by atoms with Crippen LogP contribution >= 0.6 is 0 Å². The predicted molar refractivity (Wildman–Crippen MR) is 90.0 cm³/mol. The number of nitrogens with zero attached hydrogens (tertiary/aromatic N) is 1. The molecule has 7 nitrogen and oxygen atoms in total. The number of ether oxygens (including phenoxy) is 1. The number of hydrogen-bond acceptors (Lipinski definition) is 6. The quantitative estimate of drug-likeness (QED) is 0.772. The standard InChI is InChI=1S/C16H25N3O4/c1-4-10(3)17-12-13(15(21)14(12)20)18-11-6-8-19(9-7-11)16(22)23-5-2/h10-11,17-18H,4-9H2,1-3H3. The largest absolute Gasteiger partial charge is 0.450 e. The Balaban J connectivity index is 1.92. The fourth-order valence-electron chi connectivity index (χ4n) is 2.64. The van der Waals surface area contributed by atoms with Gasteiger partial charge in [-0.1, -0.05) is 6.92 Å². The van der Waals surface area contributed by atoms with E-state index < -0.39 is 10.9 Å². The van der Waals surface area contributed by atoms with Crippen LogP contribution in [0.2, 0.25) is 0 Å². The summed E-state index contributed by atoms with van der Waals surface area (Å²) in [6.07, 6.45) is 2.02. The number of carbonyl (C=O) groups is 1. The molecular formula is C16H25N3O4. The Bertz CT molecular complexity index is 613. The molecule has 0 bridgehead atoms. The maximum Gasteiger partial charge on any atom is 0.409 e. The Morgan fingerprint density at radius 1 is 1.22 bits per heavy atom. The van der Waals surface area contributed by atoms with Gasteiger partial charge in [-0.3, -0.25) is 9.59 Å². The van der Waals surface area contributed by atoms with Gasteiger partial charge in [0.25, 0.3) is 10.9 Å². The summed E-state index contributed by atoms with van der Waals surface area (Å²) in [5.74, 6) is 0. The number of hydrogen-bond donors (Lipinski definition) is 2. The predicted octanol–water partition coefficient (Wildman–Crippen LogP) is 1.53. The SMILES string of the molecule is CCOC(=O)N1CCC(Nc2c(NC(C)CC)c(=O)c2=O)CC1. The molecule has 0 spiro atoms. The molecule has 7 heteroatoms. The van der Waals surface area contributed by atoms with Crippen LogP contribution in [0.1, 0.15) is 40.0 Å². The molecule has 1 atom stereocenters. The Labute approximate surface area is 135 Å². The number of carbonyl (C=O) groups excluding carboxylic acids is 1. The van der Waals surface area contributed by atoms with E-state index in [2.05, 4.69) is 10.6 Å². The van der Waals surface area contributed by atoms with Crippen LogP contribution in [0, 0.1) is 0 Å². The Morgan fingerprint density at radius 2 is 1.83 bits per heavy atom. The smallest absolute Gasteiger partial charge is 0.409 e. The van der Waals surface area contributed by atoms with Gasteiger partial charge in [-0.25, -0.2) is 4.79 Å². The van der Waals surface area contributed by atoms with Gasteiger partial charge in [-0.2, -0.15) is 0 Å². The van der Waals surface area contributed by atoms with Crippen LogP contribution in [0.4, 0.5) is 16.2 Å². The molecule has 1 aromatic carbocycles. The van der Waals surface area contributed by atoms with E-state index in [0.29, 0.717) is 31.1 Å². The van der Waals surface area contributed by atoms with Crippen LogP contribution in [0.25, 0.3) is 0 Å². The molecule has 23 heavy (non-hydrogen) atoms. The lowest BCUT2D eigenvalue weighted by Gasteiger charge is -2.32. The summed E-state index contributed by atoms with van der Waals surface area (Å²) in [6, 6.07) is 0.228. The zero-order chi connectivity index (χ0) is 17.0. The summed E-state index contributed by atoms with van der Waals surface area (Å²) in [7, 11) is 0. The first-order chi connectivity index (χ1) is 11.0. The van der Waals surface area contributed by atoms with Gasteiger partial charge in [0.1, 0.15) is 11.4 Å². The van der Waals surface area contributed by atoms with Crippen molar-refractivity contribution in [1.82, 2.24) is 4.90 Å². The number of rotatable bonds is 6. The molecule has 1 aromatic rings. The molecule has 1 unspecified atom stereocenters. The van der Waals surface area contributed by atoms with E-state index in [1.54, 1.807) is 11.8 Å². The number of likely N-dealkylation sites (tertiary alicyclic amines) is 1. The van der Waals surface area contributed by atoms with Gasteiger partial charge in [0.15, 0.2) is 0 Å². The summed E-state index contributed by atoms with van der Waals surface area (Å²) >= 11 is 0. The van der Waals surface area contributed by atoms with Crippen molar-refractivity contribution in [2.45, 2.75) is 52.1 Å². The van der Waals surface area contributed by atoms with E-state index in [1.165, 1.54) is 0 Å². The van der Waals surface area contributed by atoms with Crippen molar-refractivity contribution in [2.75, 3.05) is 30.3 Å². The highest BCUT2D eigenvalue weighted by molar-refractivity contribution is 5.74. The Hall–Kier alpha value is -2.05. The monoisotopic (exact) mass is 323 g/mol. The third-order valence-corrected chi connectivity index (χ3v) is 4.28. The van der Waals surface area contributed by atoms with Gasteiger partial charge in [0.2, 0.25) is 0 Å². The minimum Gasteiger partial charge on any atom is -0.450 e. The molecule has 1 heterocycles. The van der Waals surface area contributed by atoms with E-state index in [0.717, 1.165) is 19.3 Å². The molecule has 2 N–H and O–H groups in total.